The monoisotopic (exact) mass is 367 g/mol. The number of sulfone groups is 1. The molecule has 4 rings (SSSR count). The van der Waals surface area contributed by atoms with Crippen molar-refractivity contribution in [2.75, 3.05) is 31.1 Å². The number of pyridine rings is 1. The Morgan fingerprint density at radius 2 is 2.00 bits per heavy atom. The fraction of sp³-hybridized carbons (Fsp3) is 0.222. The van der Waals surface area contributed by atoms with Gasteiger partial charge in [-0.3, -0.25) is 0 Å². The second-order valence-corrected chi connectivity index (χ2v) is 8.04. The number of nitrogens with one attached hydrogen (secondary N) is 2. The summed E-state index contributed by atoms with van der Waals surface area (Å²) >= 11 is 0. The molecule has 2 N–H and O–H groups in total. The van der Waals surface area contributed by atoms with Crippen LogP contribution in [0.2, 0.25) is 0 Å². The number of hydrogen-bond donors (Lipinski definition) is 2. The molecular weight excluding hydrogens is 350 g/mol. The molecule has 26 heavy (non-hydrogen) atoms. The number of H-pyrrole nitrogens is 1. The standard InChI is InChI=1S/C18H17N5O2S/c19-10-13-2-1-3-15(8-13)26(24,25)17-12-22-18-16(17)9-14(11-21-18)23-6-4-20-5-7-23/h1-3,8-9,11-12,20H,4-7H2,(H,21,22). The number of nitrogens with zero attached hydrogens (tertiary/aromatic N) is 3. The highest BCUT2D eigenvalue weighted by Crippen LogP contribution is 2.30. The Morgan fingerprint density at radius 1 is 1.19 bits per heavy atom. The predicted octanol–water partition coefficient (Wildman–Crippen LogP) is 1.68. The van der Waals surface area contributed by atoms with Gasteiger partial charge in [-0.15, -0.1) is 0 Å². The molecule has 2 aromatic heterocycles. The maximum absolute atomic E-state index is 13.1. The molecule has 3 heterocycles. The summed E-state index contributed by atoms with van der Waals surface area (Å²) in [7, 11) is -3.76. The SMILES string of the molecule is N#Cc1cccc(S(=O)(=O)c2c[nH]c3ncc(N4CCNCC4)cc23)c1. The van der Waals surface area contributed by atoms with Crippen molar-refractivity contribution in [2.24, 2.45) is 0 Å². The van der Waals surface area contributed by atoms with Crippen molar-refractivity contribution in [3.05, 3.63) is 48.3 Å². The Hall–Kier alpha value is -2.89. The normalized spacial score (nSPS) is 15.1. The van der Waals surface area contributed by atoms with Gasteiger partial charge < -0.3 is 15.2 Å². The average molecular weight is 367 g/mol. The van der Waals surface area contributed by atoms with Crippen molar-refractivity contribution < 1.29 is 8.42 Å². The van der Waals surface area contributed by atoms with Crippen molar-refractivity contribution in [1.82, 2.24) is 15.3 Å². The van der Waals surface area contributed by atoms with Gasteiger partial charge >= 0.3 is 0 Å². The number of hydrogen-bond acceptors (Lipinski definition) is 6. The molecule has 1 aliphatic rings. The number of anilines is 1. The Labute approximate surface area is 151 Å². The summed E-state index contributed by atoms with van der Waals surface area (Å²) in [6.07, 6.45) is 3.23. The van der Waals surface area contributed by atoms with Crippen molar-refractivity contribution in [3.8, 4) is 6.07 Å². The fourth-order valence-electron chi connectivity index (χ4n) is 3.15. The Bertz CT molecular complexity index is 1110. The summed E-state index contributed by atoms with van der Waals surface area (Å²) in [4.78, 5) is 9.78. The molecule has 0 unspecified atom stereocenters. The van der Waals surface area contributed by atoms with E-state index in [1.54, 1.807) is 18.3 Å². The second kappa shape index (κ2) is 6.44. The summed E-state index contributed by atoms with van der Waals surface area (Å²) in [6.45, 7) is 3.47. The van der Waals surface area contributed by atoms with Crippen molar-refractivity contribution in [3.63, 3.8) is 0 Å². The lowest BCUT2D eigenvalue weighted by molar-refractivity contribution is 0.589. The smallest absolute Gasteiger partial charge is 0.208 e. The molecule has 0 aliphatic carbocycles. The van der Waals surface area contributed by atoms with Gasteiger partial charge in [0, 0.05) is 37.8 Å². The highest BCUT2D eigenvalue weighted by molar-refractivity contribution is 7.91. The summed E-state index contributed by atoms with van der Waals surface area (Å²) in [6, 6.07) is 9.89. The van der Waals surface area contributed by atoms with E-state index in [1.165, 1.54) is 18.3 Å². The number of rotatable bonds is 3. The number of piperazine rings is 1. The zero-order valence-electron chi connectivity index (χ0n) is 13.9. The summed E-state index contributed by atoms with van der Waals surface area (Å²) in [5, 5.41) is 12.9. The molecule has 7 nitrogen and oxygen atoms in total. The van der Waals surface area contributed by atoms with Gasteiger partial charge in [0.15, 0.2) is 0 Å². The third-order valence-corrected chi connectivity index (χ3v) is 6.32. The van der Waals surface area contributed by atoms with Crippen LogP contribution in [0, 0.1) is 11.3 Å². The van der Waals surface area contributed by atoms with E-state index >= 15 is 0 Å². The second-order valence-electron chi connectivity index (χ2n) is 6.12. The van der Waals surface area contributed by atoms with Crippen LogP contribution in [-0.4, -0.2) is 44.6 Å². The molecule has 1 saturated heterocycles. The number of aromatic amines is 1. The Kier molecular flexibility index (Phi) is 4.11. The first-order valence-electron chi connectivity index (χ1n) is 8.27. The van der Waals surface area contributed by atoms with E-state index in [9.17, 15) is 8.42 Å². The number of benzene rings is 1. The fourth-order valence-corrected chi connectivity index (χ4v) is 4.60. The third-order valence-electron chi connectivity index (χ3n) is 4.52. The van der Waals surface area contributed by atoms with E-state index in [2.05, 4.69) is 20.2 Å². The minimum absolute atomic E-state index is 0.102. The first-order chi connectivity index (χ1) is 12.6. The number of aromatic nitrogens is 2. The first-order valence-corrected chi connectivity index (χ1v) is 9.76. The van der Waals surface area contributed by atoms with Gasteiger partial charge in [0.05, 0.1) is 33.3 Å². The molecule has 0 amide bonds. The van der Waals surface area contributed by atoms with Crippen LogP contribution < -0.4 is 10.2 Å². The van der Waals surface area contributed by atoms with E-state index < -0.39 is 9.84 Å². The van der Waals surface area contributed by atoms with Gasteiger partial charge in [-0.2, -0.15) is 5.26 Å². The van der Waals surface area contributed by atoms with Crippen LogP contribution in [0.3, 0.4) is 0 Å². The lowest BCUT2D eigenvalue weighted by atomic mass is 10.2. The summed E-state index contributed by atoms with van der Waals surface area (Å²) < 4.78 is 26.2. The topological polar surface area (TPSA) is 102 Å². The molecule has 8 heteroatoms. The van der Waals surface area contributed by atoms with Crippen molar-refractivity contribution in [1.29, 1.82) is 5.26 Å². The van der Waals surface area contributed by atoms with Crippen molar-refractivity contribution in [2.45, 2.75) is 9.79 Å². The van der Waals surface area contributed by atoms with E-state index in [-0.39, 0.29) is 9.79 Å². The lowest BCUT2D eigenvalue weighted by Crippen LogP contribution is -2.43. The van der Waals surface area contributed by atoms with Crippen LogP contribution in [0.5, 0.6) is 0 Å². The van der Waals surface area contributed by atoms with Gasteiger partial charge in [0.25, 0.3) is 0 Å². The van der Waals surface area contributed by atoms with E-state index in [4.69, 9.17) is 5.26 Å². The highest BCUT2D eigenvalue weighted by atomic mass is 32.2. The van der Waals surface area contributed by atoms with Crippen LogP contribution >= 0.6 is 0 Å². The van der Waals surface area contributed by atoms with Crippen LogP contribution in [0.1, 0.15) is 5.56 Å². The van der Waals surface area contributed by atoms with E-state index in [0.717, 1.165) is 31.9 Å². The van der Waals surface area contributed by atoms with E-state index in [1.807, 2.05) is 12.1 Å². The van der Waals surface area contributed by atoms with Gasteiger partial charge in [0.1, 0.15) is 5.65 Å². The van der Waals surface area contributed by atoms with Gasteiger partial charge in [-0.25, -0.2) is 13.4 Å². The average Bonchev–Trinajstić information content (AvgIpc) is 3.12. The number of fused-ring (bicyclic) bond motifs is 1. The molecule has 1 fully saturated rings. The molecule has 0 radical (unpaired) electrons. The quantitative estimate of drug-likeness (QED) is 0.730. The largest absolute Gasteiger partial charge is 0.368 e. The number of nitriles is 1. The summed E-state index contributed by atoms with van der Waals surface area (Å²) in [5.41, 5.74) is 1.74. The summed E-state index contributed by atoms with van der Waals surface area (Å²) in [5.74, 6) is 0. The van der Waals surface area contributed by atoms with Crippen LogP contribution in [-0.2, 0) is 9.84 Å². The zero-order valence-corrected chi connectivity index (χ0v) is 14.8. The molecule has 0 atom stereocenters. The molecule has 0 bridgehead atoms. The first kappa shape index (κ1) is 16.6. The third kappa shape index (κ3) is 2.81. The van der Waals surface area contributed by atoms with Crippen molar-refractivity contribution >= 4 is 26.6 Å². The van der Waals surface area contributed by atoms with Gasteiger partial charge in [0.2, 0.25) is 9.84 Å². The maximum Gasteiger partial charge on any atom is 0.208 e. The minimum Gasteiger partial charge on any atom is -0.368 e. The lowest BCUT2D eigenvalue weighted by Gasteiger charge is -2.29. The zero-order chi connectivity index (χ0) is 18.1. The predicted molar refractivity (Wildman–Crippen MR) is 97.8 cm³/mol. The van der Waals surface area contributed by atoms with Gasteiger partial charge in [-0.05, 0) is 24.3 Å². The molecule has 3 aromatic rings. The van der Waals surface area contributed by atoms with Crippen LogP contribution in [0.4, 0.5) is 5.69 Å². The molecular formula is C18H17N5O2S. The highest BCUT2D eigenvalue weighted by Gasteiger charge is 2.23. The van der Waals surface area contributed by atoms with E-state index in [0.29, 0.717) is 16.6 Å². The maximum atomic E-state index is 13.1. The Morgan fingerprint density at radius 3 is 2.77 bits per heavy atom. The van der Waals surface area contributed by atoms with Crippen LogP contribution in [0.15, 0.2) is 52.5 Å². The molecule has 132 valence electrons. The molecule has 0 spiro atoms. The Balaban J connectivity index is 1.81. The minimum atomic E-state index is -3.76. The van der Waals surface area contributed by atoms with Gasteiger partial charge in [-0.1, -0.05) is 6.07 Å². The molecule has 1 aliphatic heterocycles. The molecule has 1 aromatic carbocycles. The van der Waals surface area contributed by atoms with Crippen LogP contribution in [0.25, 0.3) is 11.0 Å². The molecule has 0 saturated carbocycles.